The van der Waals surface area contributed by atoms with Crippen LogP contribution in [0.2, 0.25) is 0 Å². The molecule has 0 aliphatic heterocycles. The fourth-order valence-electron chi connectivity index (χ4n) is 3.54. The summed E-state index contributed by atoms with van der Waals surface area (Å²) < 4.78 is 10.7. The van der Waals surface area contributed by atoms with Crippen molar-refractivity contribution in [2.24, 2.45) is 0 Å². The van der Waals surface area contributed by atoms with Crippen LogP contribution in [0, 0.1) is 0 Å². The molecule has 4 aromatic rings. The number of aromatic nitrogens is 2. The number of carbonyl (C=O) groups is 1. The van der Waals surface area contributed by atoms with E-state index in [1.807, 2.05) is 12.1 Å². The third-order valence-corrected chi connectivity index (χ3v) is 5.30. The maximum absolute atomic E-state index is 13.5. The van der Waals surface area contributed by atoms with Crippen molar-refractivity contribution in [2.45, 2.75) is 6.54 Å². The third-order valence-electron chi connectivity index (χ3n) is 5.30. The topological polar surface area (TPSA) is 128 Å². The average Bonchev–Trinajstić information content (AvgIpc) is 3.40. The highest BCUT2D eigenvalue weighted by Crippen LogP contribution is 2.36. The number of nitrogens with one attached hydrogen (secondary N) is 1. The fraction of sp³-hybridized carbons (Fsp3) is 0.120. The number of rotatable bonds is 7. The molecule has 0 spiro atoms. The highest BCUT2D eigenvalue weighted by Gasteiger charge is 2.22. The molecule has 0 radical (unpaired) electrons. The molecule has 0 bridgehead atoms. The molecule has 3 aromatic carbocycles. The van der Waals surface area contributed by atoms with Crippen LogP contribution in [-0.2, 0) is 6.54 Å². The smallest absolute Gasteiger partial charge is 0.258 e. The molecule has 9 nitrogen and oxygen atoms in total. The molecule has 1 aromatic heterocycles. The number of hydrogen-bond donors (Lipinski definition) is 4. The normalized spacial score (nSPS) is 10.3. The van der Waals surface area contributed by atoms with E-state index in [2.05, 4.69) is 9.97 Å². The van der Waals surface area contributed by atoms with Gasteiger partial charge in [-0.15, -0.1) is 12.4 Å². The minimum atomic E-state index is -0.690. The molecule has 0 aliphatic carbocycles. The SMILES string of the molecule is COc1cc(CN(C(=O)c2cc(O)c(O)c(O)c2)c2ccc(-c3cnc[nH]3)cc2)cc(OC)c1.Cl. The van der Waals surface area contributed by atoms with E-state index in [9.17, 15) is 20.1 Å². The first-order valence-corrected chi connectivity index (χ1v) is 10.3. The number of aromatic amines is 1. The second kappa shape index (κ2) is 10.7. The summed E-state index contributed by atoms with van der Waals surface area (Å²) in [5, 5.41) is 29.5. The Labute approximate surface area is 207 Å². The predicted molar refractivity (Wildman–Crippen MR) is 133 cm³/mol. The number of amides is 1. The maximum Gasteiger partial charge on any atom is 0.258 e. The van der Waals surface area contributed by atoms with Crippen LogP contribution in [0.25, 0.3) is 11.3 Å². The number of anilines is 1. The van der Waals surface area contributed by atoms with E-state index in [-0.39, 0.29) is 24.5 Å². The quantitative estimate of drug-likeness (QED) is 0.277. The Morgan fingerprint density at radius 1 is 0.943 bits per heavy atom. The summed E-state index contributed by atoms with van der Waals surface area (Å²) in [5.41, 5.74) is 3.02. The van der Waals surface area contributed by atoms with Crippen LogP contribution in [-0.4, -0.2) is 45.4 Å². The average molecular weight is 498 g/mol. The van der Waals surface area contributed by atoms with Crippen LogP contribution in [0.3, 0.4) is 0 Å². The number of ether oxygens (including phenoxy) is 2. The summed E-state index contributed by atoms with van der Waals surface area (Å²) in [4.78, 5) is 22.1. The van der Waals surface area contributed by atoms with Gasteiger partial charge in [-0.1, -0.05) is 12.1 Å². The van der Waals surface area contributed by atoms with E-state index in [0.29, 0.717) is 17.2 Å². The van der Waals surface area contributed by atoms with Crippen molar-refractivity contribution in [2.75, 3.05) is 19.1 Å². The van der Waals surface area contributed by atoms with Crippen molar-refractivity contribution >= 4 is 24.0 Å². The molecule has 0 saturated carbocycles. The summed E-state index contributed by atoms with van der Waals surface area (Å²) >= 11 is 0. The van der Waals surface area contributed by atoms with Gasteiger partial charge in [-0.05, 0) is 47.5 Å². The van der Waals surface area contributed by atoms with Gasteiger partial charge in [0, 0.05) is 17.3 Å². The number of imidazole rings is 1. The van der Waals surface area contributed by atoms with Crippen LogP contribution in [0.5, 0.6) is 28.7 Å². The molecular formula is C25H24ClN3O6. The van der Waals surface area contributed by atoms with E-state index in [1.165, 1.54) is 19.1 Å². The van der Waals surface area contributed by atoms with Gasteiger partial charge in [0.15, 0.2) is 17.2 Å². The maximum atomic E-state index is 13.5. The molecule has 0 unspecified atom stereocenters. The van der Waals surface area contributed by atoms with E-state index in [1.54, 1.807) is 42.9 Å². The van der Waals surface area contributed by atoms with Gasteiger partial charge in [0.25, 0.3) is 5.91 Å². The summed E-state index contributed by atoms with van der Waals surface area (Å²) in [5.74, 6) is -1.25. The number of methoxy groups -OCH3 is 2. The molecule has 0 saturated heterocycles. The fourth-order valence-corrected chi connectivity index (χ4v) is 3.54. The molecule has 182 valence electrons. The lowest BCUT2D eigenvalue weighted by atomic mass is 10.1. The van der Waals surface area contributed by atoms with Gasteiger partial charge in [-0.2, -0.15) is 0 Å². The second-order valence-electron chi connectivity index (χ2n) is 7.49. The summed E-state index contributed by atoms with van der Waals surface area (Å²) in [7, 11) is 3.08. The lowest BCUT2D eigenvalue weighted by Crippen LogP contribution is -2.30. The Bertz CT molecular complexity index is 1260. The number of nitrogens with zero attached hydrogens (tertiary/aromatic N) is 2. The van der Waals surface area contributed by atoms with E-state index in [4.69, 9.17) is 9.47 Å². The van der Waals surface area contributed by atoms with Crippen molar-refractivity contribution in [3.05, 3.63) is 78.2 Å². The van der Waals surface area contributed by atoms with Gasteiger partial charge in [-0.25, -0.2) is 4.98 Å². The van der Waals surface area contributed by atoms with Crippen molar-refractivity contribution in [1.82, 2.24) is 9.97 Å². The molecule has 10 heteroatoms. The van der Waals surface area contributed by atoms with Crippen molar-refractivity contribution in [3.63, 3.8) is 0 Å². The van der Waals surface area contributed by atoms with Crippen LogP contribution in [0.4, 0.5) is 5.69 Å². The van der Waals surface area contributed by atoms with Crippen molar-refractivity contribution in [1.29, 1.82) is 0 Å². The van der Waals surface area contributed by atoms with E-state index in [0.717, 1.165) is 29.0 Å². The van der Waals surface area contributed by atoms with Gasteiger partial charge in [0.05, 0.1) is 39.0 Å². The summed E-state index contributed by atoms with van der Waals surface area (Å²) in [6.45, 7) is 0.137. The number of hydrogen-bond acceptors (Lipinski definition) is 7. The van der Waals surface area contributed by atoms with Crippen molar-refractivity contribution < 1.29 is 29.6 Å². The first-order chi connectivity index (χ1) is 16.4. The molecule has 0 aliphatic rings. The number of benzene rings is 3. The molecular weight excluding hydrogens is 474 g/mol. The zero-order valence-corrected chi connectivity index (χ0v) is 19.7. The number of phenols is 3. The molecule has 0 fully saturated rings. The minimum absolute atomic E-state index is 0. The first-order valence-electron chi connectivity index (χ1n) is 10.3. The Kier molecular flexibility index (Phi) is 7.73. The van der Waals surface area contributed by atoms with Gasteiger partial charge in [0.2, 0.25) is 0 Å². The van der Waals surface area contributed by atoms with Gasteiger partial charge >= 0.3 is 0 Å². The van der Waals surface area contributed by atoms with Crippen LogP contribution in [0.1, 0.15) is 15.9 Å². The van der Waals surface area contributed by atoms with Gasteiger partial charge in [-0.3, -0.25) is 4.79 Å². The van der Waals surface area contributed by atoms with E-state index < -0.39 is 23.2 Å². The Morgan fingerprint density at radius 2 is 1.54 bits per heavy atom. The number of halogens is 1. The highest BCUT2D eigenvalue weighted by atomic mass is 35.5. The molecule has 1 heterocycles. The largest absolute Gasteiger partial charge is 0.504 e. The first kappa shape index (κ1) is 25.3. The minimum Gasteiger partial charge on any atom is -0.504 e. The highest BCUT2D eigenvalue weighted by molar-refractivity contribution is 6.06. The van der Waals surface area contributed by atoms with Gasteiger partial charge in [0.1, 0.15) is 11.5 Å². The summed E-state index contributed by atoms with van der Waals surface area (Å²) in [6, 6.07) is 14.8. The predicted octanol–water partition coefficient (Wildman–Crippen LogP) is 4.48. The van der Waals surface area contributed by atoms with Crippen LogP contribution < -0.4 is 14.4 Å². The Balaban J connectivity index is 0.00000342. The van der Waals surface area contributed by atoms with Crippen molar-refractivity contribution in [3.8, 4) is 40.0 Å². The number of aromatic hydroxyl groups is 3. The molecule has 35 heavy (non-hydrogen) atoms. The Hall–Kier alpha value is -4.37. The van der Waals surface area contributed by atoms with E-state index >= 15 is 0 Å². The molecule has 0 atom stereocenters. The third kappa shape index (κ3) is 5.42. The standard InChI is InChI=1S/C25H23N3O6.ClH/c1-33-19-7-15(8-20(11-19)34-2)13-28(25(32)17-9-22(29)24(31)23(30)10-17)18-5-3-16(4-6-18)21-12-26-14-27-21;/h3-12,14,29-31H,13H2,1-2H3,(H,26,27);1H. The molecule has 4 N–H and O–H groups in total. The number of H-pyrrole nitrogens is 1. The Morgan fingerprint density at radius 3 is 2.06 bits per heavy atom. The van der Waals surface area contributed by atoms with Crippen LogP contribution in [0.15, 0.2) is 67.1 Å². The van der Waals surface area contributed by atoms with Gasteiger partial charge < -0.3 is 34.7 Å². The van der Waals surface area contributed by atoms with Crippen LogP contribution >= 0.6 is 12.4 Å². The zero-order chi connectivity index (χ0) is 24.2. The lowest BCUT2D eigenvalue weighted by molar-refractivity contribution is 0.0984. The summed E-state index contributed by atoms with van der Waals surface area (Å²) in [6.07, 6.45) is 3.28. The lowest BCUT2D eigenvalue weighted by Gasteiger charge is -2.24. The number of phenolic OH excluding ortho intramolecular Hbond substituents is 3. The number of carbonyl (C=O) groups excluding carboxylic acids is 1. The monoisotopic (exact) mass is 497 g/mol. The molecule has 4 rings (SSSR count). The zero-order valence-electron chi connectivity index (χ0n) is 18.9. The second-order valence-corrected chi connectivity index (χ2v) is 7.49. The molecule has 1 amide bonds.